The lowest BCUT2D eigenvalue weighted by Crippen LogP contribution is -2.46. The summed E-state index contributed by atoms with van der Waals surface area (Å²) in [5.74, 6) is 6.68. The lowest BCUT2D eigenvalue weighted by atomic mass is 9.87. The summed E-state index contributed by atoms with van der Waals surface area (Å²) in [5, 5.41) is 19.4. The Bertz CT molecular complexity index is 1230. The number of nitrogens with zero attached hydrogens (tertiary/aromatic N) is 2. The summed E-state index contributed by atoms with van der Waals surface area (Å²) < 4.78 is 0. The number of carboxylic acid groups (broad SMARTS) is 1. The number of aromatic hydroxyl groups is 1. The van der Waals surface area contributed by atoms with Crippen molar-refractivity contribution in [1.82, 2.24) is 9.80 Å². The SMILES string of the molecule is CC#C[C@@H](CC(=O)Nc1ccc(C2CCN(C(=O)CC34CCCN3CCC4)CC2)cc1)c1ccc(O)cc1.O=CO. The predicted molar refractivity (Wildman–Crippen MR) is 159 cm³/mol. The van der Waals surface area contributed by atoms with Gasteiger partial charge in [-0.2, -0.15) is 0 Å². The smallest absolute Gasteiger partial charge is 0.290 e. The number of hydrogen-bond acceptors (Lipinski definition) is 5. The van der Waals surface area contributed by atoms with Crippen LogP contribution in [0.25, 0.3) is 0 Å². The van der Waals surface area contributed by atoms with E-state index in [2.05, 4.69) is 39.1 Å². The molecule has 3 heterocycles. The second kappa shape index (κ2) is 14.2. The molecule has 2 aromatic carbocycles. The van der Waals surface area contributed by atoms with Crippen LogP contribution < -0.4 is 5.32 Å². The summed E-state index contributed by atoms with van der Waals surface area (Å²) in [7, 11) is 0. The third-order valence-electron chi connectivity index (χ3n) is 8.81. The normalized spacial score (nSPS) is 18.7. The number of phenolic OH excluding ortho intramolecular Hbond substituents is 1. The fraction of sp³-hybridized carbons (Fsp3) is 0.485. The molecular formula is C33H41N3O5. The van der Waals surface area contributed by atoms with Crippen LogP contribution in [0.1, 0.15) is 81.3 Å². The molecule has 0 aromatic heterocycles. The highest BCUT2D eigenvalue weighted by Gasteiger charge is 2.46. The lowest BCUT2D eigenvalue weighted by molar-refractivity contribution is -0.134. The first kappa shape index (κ1) is 30.1. The molecule has 41 heavy (non-hydrogen) atoms. The maximum atomic E-state index is 13.1. The summed E-state index contributed by atoms with van der Waals surface area (Å²) >= 11 is 0. The molecule has 0 radical (unpaired) electrons. The predicted octanol–water partition coefficient (Wildman–Crippen LogP) is 4.95. The van der Waals surface area contributed by atoms with Crippen molar-refractivity contribution < 1.29 is 24.6 Å². The van der Waals surface area contributed by atoms with Gasteiger partial charge in [-0.25, -0.2) is 0 Å². The molecule has 0 spiro atoms. The zero-order chi connectivity index (χ0) is 29.2. The van der Waals surface area contributed by atoms with Crippen LogP contribution in [0, 0.1) is 11.8 Å². The van der Waals surface area contributed by atoms with Gasteiger partial charge in [0.1, 0.15) is 5.75 Å². The van der Waals surface area contributed by atoms with Gasteiger partial charge in [-0.3, -0.25) is 19.3 Å². The number of carbonyl (C=O) groups is 3. The molecule has 8 nitrogen and oxygen atoms in total. The highest BCUT2D eigenvalue weighted by atomic mass is 16.3. The molecule has 1 atom stereocenters. The number of amides is 2. The first-order valence-electron chi connectivity index (χ1n) is 14.6. The monoisotopic (exact) mass is 559 g/mol. The molecule has 0 unspecified atom stereocenters. The first-order valence-corrected chi connectivity index (χ1v) is 14.6. The van der Waals surface area contributed by atoms with Crippen molar-refractivity contribution in [2.75, 3.05) is 31.5 Å². The van der Waals surface area contributed by atoms with E-state index in [4.69, 9.17) is 9.90 Å². The Hall–Kier alpha value is -3.83. The van der Waals surface area contributed by atoms with E-state index in [0.717, 1.165) is 50.3 Å². The molecule has 3 saturated heterocycles. The Balaban J connectivity index is 0.00000124. The average molecular weight is 560 g/mol. The minimum atomic E-state index is -0.250. The molecular weight excluding hydrogens is 518 g/mol. The van der Waals surface area contributed by atoms with Gasteiger partial charge in [0.25, 0.3) is 6.47 Å². The molecule has 8 heteroatoms. The Morgan fingerprint density at radius 2 is 1.63 bits per heavy atom. The van der Waals surface area contributed by atoms with Crippen molar-refractivity contribution in [2.24, 2.45) is 0 Å². The summed E-state index contributed by atoms with van der Waals surface area (Å²) in [4.78, 5) is 38.9. The Morgan fingerprint density at radius 1 is 1.02 bits per heavy atom. The summed E-state index contributed by atoms with van der Waals surface area (Å²) in [5.41, 5.74) is 3.11. The minimum absolute atomic E-state index is 0.0899. The van der Waals surface area contributed by atoms with Crippen LogP contribution >= 0.6 is 0 Å². The van der Waals surface area contributed by atoms with Gasteiger partial charge in [0.05, 0.1) is 5.92 Å². The number of piperidine rings is 1. The first-order chi connectivity index (χ1) is 19.9. The zero-order valence-electron chi connectivity index (χ0n) is 23.8. The summed E-state index contributed by atoms with van der Waals surface area (Å²) in [6.45, 7) is 5.50. The van der Waals surface area contributed by atoms with Crippen LogP contribution in [0.15, 0.2) is 48.5 Å². The zero-order valence-corrected chi connectivity index (χ0v) is 23.8. The second-order valence-corrected chi connectivity index (χ2v) is 11.3. The van der Waals surface area contributed by atoms with Crippen molar-refractivity contribution in [3.63, 3.8) is 0 Å². The minimum Gasteiger partial charge on any atom is -0.508 e. The van der Waals surface area contributed by atoms with E-state index in [1.165, 1.54) is 31.2 Å². The van der Waals surface area contributed by atoms with Gasteiger partial charge in [-0.05, 0) is 99.8 Å². The number of likely N-dealkylation sites (tertiary alicyclic amines) is 1. The number of anilines is 1. The molecule has 0 bridgehead atoms. The quantitative estimate of drug-likeness (QED) is 0.327. The van der Waals surface area contributed by atoms with Crippen molar-refractivity contribution in [3.05, 3.63) is 59.7 Å². The van der Waals surface area contributed by atoms with Crippen molar-refractivity contribution in [1.29, 1.82) is 0 Å². The van der Waals surface area contributed by atoms with Gasteiger partial charge in [0.15, 0.2) is 0 Å². The highest BCUT2D eigenvalue weighted by Crippen LogP contribution is 2.42. The van der Waals surface area contributed by atoms with Crippen LogP contribution in [-0.4, -0.2) is 70.0 Å². The highest BCUT2D eigenvalue weighted by molar-refractivity contribution is 5.91. The van der Waals surface area contributed by atoms with E-state index >= 15 is 0 Å². The largest absolute Gasteiger partial charge is 0.508 e. The Kier molecular flexibility index (Phi) is 10.4. The van der Waals surface area contributed by atoms with Gasteiger partial charge in [-0.1, -0.05) is 30.2 Å². The fourth-order valence-corrected chi connectivity index (χ4v) is 6.74. The standard InChI is InChI=1S/C32H39N3O3.CH2O2/c1-2-5-27(25-8-12-29(36)13-9-25)22-30(37)33-28-10-6-24(7-11-28)26-14-20-34(21-15-26)31(38)23-32-16-3-18-35(32)19-4-17-32;2-1-3/h6-13,26-27,36H,3-4,14-23H2,1H3,(H,33,37);1H,(H,2,3)/t27-;/m0./s1. The number of fused-ring (bicyclic) bond motifs is 1. The number of benzene rings is 2. The molecule has 0 aliphatic carbocycles. The van der Waals surface area contributed by atoms with E-state index < -0.39 is 0 Å². The number of carbonyl (C=O) groups excluding carboxylic acids is 2. The molecule has 2 amide bonds. The fourth-order valence-electron chi connectivity index (χ4n) is 6.74. The number of phenols is 1. The van der Waals surface area contributed by atoms with Crippen LogP contribution in [0.4, 0.5) is 5.69 Å². The molecule has 3 fully saturated rings. The molecule has 218 valence electrons. The van der Waals surface area contributed by atoms with Gasteiger partial charge in [-0.15, -0.1) is 5.92 Å². The summed E-state index contributed by atoms with van der Waals surface area (Å²) in [6.07, 6.45) is 7.75. The third kappa shape index (κ3) is 7.68. The molecule has 2 aromatic rings. The average Bonchev–Trinajstić information content (AvgIpc) is 3.54. The van der Waals surface area contributed by atoms with E-state index in [0.29, 0.717) is 18.2 Å². The van der Waals surface area contributed by atoms with Crippen LogP contribution in [0.2, 0.25) is 0 Å². The van der Waals surface area contributed by atoms with E-state index in [1.807, 2.05) is 24.3 Å². The number of rotatable bonds is 7. The van der Waals surface area contributed by atoms with Crippen molar-refractivity contribution in [3.8, 4) is 17.6 Å². The lowest BCUT2D eigenvalue weighted by Gasteiger charge is -2.37. The Morgan fingerprint density at radius 3 is 2.22 bits per heavy atom. The topological polar surface area (TPSA) is 110 Å². The van der Waals surface area contributed by atoms with Gasteiger partial charge in [0, 0.05) is 37.2 Å². The third-order valence-corrected chi connectivity index (χ3v) is 8.81. The van der Waals surface area contributed by atoms with E-state index in [-0.39, 0.29) is 36.0 Å². The van der Waals surface area contributed by atoms with Crippen molar-refractivity contribution in [2.45, 2.75) is 75.7 Å². The second-order valence-electron chi connectivity index (χ2n) is 11.3. The van der Waals surface area contributed by atoms with Crippen LogP contribution in [0.5, 0.6) is 5.75 Å². The molecule has 3 aliphatic heterocycles. The number of hydrogen-bond donors (Lipinski definition) is 3. The molecule has 5 rings (SSSR count). The van der Waals surface area contributed by atoms with E-state index in [1.54, 1.807) is 19.1 Å². The molecule has 0 saturated carbocycles. The molecule has 3 aliphatic rings. The van der Waals surface area contributed by atoms with Gasteiger partial charge in [0.2, 0.25) is 11.8 Å². The van der Waals surface area contributed by atoms with Crippen LogP contribution in [-0.2, 0) is 14.4 Å². The Labute approximate surface area is 242 Å². The summed E-state index contributed by atoms with van der Waals surface area (Å²) in [6, 6.07) is 15.0. The maximum Gasteiger partial charge on any atom is 0.290 e. The van der Waals surface area contributed by atoms with Gasteiger partial charge < -0.3 is 20.4 Å². The van der Waals surface area contributed by atoms with E-state index in [9.17, 15) is 14.7 Å². The number of nitrogens with one attached hydrogen (secondary N) is 1. The van der Waals surface area contributed by atoms with Gasteiger partial charge >= 0.3 is 0 Å². The van der Waals surface area contributed by atoms with Crippen molar-refractivity contribution >= 4 is 24.0 Å². The maximum absolute atomic E-state index is 13.1. The van der Waals surface area contributed by atoms with Crippen LogP contribution in [0.3, 0.4) is 0 Å². The molecule has 3 N–H and O–H groups in total.